The predicted molar refractivity (Wildman–Crippen MR) is 110 cm³/mol. The summed E-state index contributed by atoms with van der Waals surface area (Å²) < 4.78 is 5.15. The largest absolute Gasteiger partial charge is 0.497 e. The van der Waals surface area contributed by atoms with Gasteiger partial charge in [-0.2, -0.15) is 0 Å². The van der Waals surface area contributed by atoms with Gasteiger partial charge in [0.05, 0.1) is 17.8 Å². The maximum Gasteiger partial charge on any atom is 0.325 e. The Kier molecular flexibility index (Phi) is 5.79. The molecule has 1 atom stereocenters. The molecular weight excluding hydrogens is 394 g/mol. The van der Waals surface area contributed by atoms with Crippen LogP contribution in [-0.4, -0.2) is 36.4 Å². The fourth-order valence-electron chi connectivity index (χ4n) is 3.34. The maximum absolute atomic E-state index is 13.1. The van der Waals surface area contributed by atoms with Gasteiger partial charge in [0, 0.05) is 0 Å². The fourth-order valence-corrected chi connectivity index (χ4v) is 3.62. The number of imide groups is 1. The van der Waals surface area contributed by atoms with Crippen molar-refractivity contribution in [3.05, 3.63) is 58.6 Å². The van der Waals surface area contributed by atoms with Crippen molar-refractivity contribution in [2.45, 2.75) is 25.8 Å². The monoisotopic (exact) mass is 415 g/mol. The second kappa shape index (κ2) is 8.13. The molecule has 1 saturated heterocycles. The SMILES string of the molecule is CC[C@]1(c2ccc(OC)cc2)NC(=O)N(CC(=O)Nc2ccc(C)cc2Cl)C1=O. The van der Waals surface area contributed by atoms with Crippen molar-refractivity contribution >= 4 is 35.1 Å². The average Bonchev–Trinajstić information content (AvgIpc) is 2.95. The molecule has 1 aliphatic heterocycles. The van der Waals surface area contributed by atoms with E-state index in [0.29, 0.717) is 28.4 Å². The van der Waals surface area contributed by atoms with E-state index in [1.165, 1.54) is 0 Å². The average molecular weight is 416 g/mol. The van der Waals surface area contributed by atoms with Gasteiger partial charge < -0.3 is 15.4 Å². The van der Waals surface area contributed by atoms with Gasteiger partial charge in [-0.05, 0) is 48.7 Å². The summed E-state index contributed by atoms with van der Waals surface area (Å²) in [6.07, 6.45) is 0.339. The van der Waals surface area contributed by atoms with E-state index < -0.39 is 29.9 Å². The van der Waals surface area contributed by atoms with Crippen molar-refractivity contribution in [1.29, 1.82) is 0 Å². The molecular formula is C21H22ClN3O4. The van der Waals surface area contributed by atoms with E-state index in [2.05, 4.69) is 10.6 Å². The minimum Gasteiger partial charge on any atom is -0.497 e. The third-order valence-electron chi connectivity index (χ3n) is 4.99. The van der Waals surface area contributed by atoms with Crippen LogP contribution in [0, 0.1) is 6.92 Å². The van der Waals surface area contributed by atoms with Gasteiger partial charge >= 0.3 is 6.03 Å². The highest BCUT2D eigenvalue weighted by Crippen LogP contribution is 2.33. The van der Waals surface area contributed by atoms with E-state index in [4.69, 9.17) is 16.3 Å². The number of hydrogen-bond acceptors (Lipinski definition) is 4. The minimum absolute atomic E-state index is 0.339. The van der Waals surface area contributed by atoms with Gasteiger partial charge in [-0.15, -0.1) is 0 Å². The molecule has 0 bridgehead atoms. The second-order valence-electron chi connectivity index (χ2n) is 6.84. The van der Waals surface area contributed by atoms with Gasteiger partial charge in [0.1, 0.15) is 17.8 Å². The van der Waals surface area contributed by atoms with E-state index >= 15 is 0 Å². The number of urea groups is 1. The molecule has 0 aromatic heterocycles. The molecule has 1 fully saturated rings. The lowest BCUT2D eigenvalue weighted by Gasteiger charge is -2.26. The van der Waals surface area contributed by atoms with Gasteiger partial charge in [-0.25, -0.2) is 4.79 Å². The Morgan fingerprint density at radius 3 is 2.48 bits per heavy atom. The van der Waals surface area contributed by atoms with Gasteiger partial charge in [-0.1, -0.05) is 36.7 Å². The number of amides is 4. The maximum atomic E-state index is 13.1. The highest BCUT2D eigenvalue weighted by molar-refractivity contribution is 6.33. The summed E-state index contributed by atoms with van der Waals surface area (Å²) in [6, 6.07) is 11.5. The highest BCUT2D eigenvalue weighted by atomic mass is 35.5. The zero-order valence-electron chi connectivity index (χ0n) is 16.4. The lowest BCUT2D eigenvalue weighted by Crippen LogP contribution is -2.44. The van der Waals surface area contributed by atoms with Gasteiger partial charge in [0.25, 0.3) is 5.91 Å². The van der Waals surface area contributed by atoms with Crippen LogP contribution in [0.4, 0.5) is 10.5 Å². The Hall–Kier alpha value is -3.06. The fraction of sp³-hybridized carbons (Fsp3) is 0.286. The van der Waals surface area contributed by atoms with E-state index in [1.807, 2.05) is 6.92 Å². The van der Waals surface area contributed by atoms with Crippen LogP contribution in [0.3, 0.4) is 0 Å². The zero-order valence-corrected chi connectivity index (χ0v) is 17.2. The summed E-state index contributed by atoms with van der Waals surface area (Å²) in [5.74, 6) is -0.343. The number of hydrogen-bond donors (Lipinski definition) is 2. The van der Waals surface area contributed by atoms with Crippen molar-refractivity contribution in [2.24, 2.45) is 0 Å². The van der Waals surface area contributed by atoms with E-state index in [1.54, 1.807) is 56.5 Å². The minimum atomic E-state index is -1.22. The molecule has 7 nitrogen and oxygen atoms in total. The van der Waals surface area contributed by atoms with E-state index in [-0.39, 0.29) is 0 Å². The molecule has 2 N–H and O–H groups in total. The molecule has 29 heavy (non-hydrogen) atoms. The molecule has 1 heterocycles. The van der Waals surface area contributed by atoms with Gasteiger partial charge in [0.2, 0.25) is 5.91 Å². The Morgan fingerprint density at radius 2 is 1.90 bits per heavy atom. The molecule has 0 aliphatic carbocycles. The number of carbonyl (C=O) groups is 3. The molecule has 8 heteroatoms. The summed E-state index contributed by atoms with van der Waals surface area (Å²) in [5, 5.41) is 5.78. The number of aryl methyl sites for hydroxylation is 1. The number of methoxy groups -OCH3 is 1. The summed E-state index contributed by atoms with van der Waals surface area (Å²) in [6.45, 7) is 3.28. The lowest BCUT2D eigenvalue weighted by atomic mass is 9.87. The van der Waals surface area contributed by atoms with Crippen LogP contribution in [0.15, 0.2) is 42.5 Å². The first-order chi connectivity index (χ1) is 13.8. The Labute approximate surface area is 174 Å². The molecule has 152 valence electrons. The molecule has 0 saturated carbocycles. The van der Waals surface area contributed by atoms with Crippen molar-refractivity contribution in [3.63, 3.8) is 0 Å². The lowest BCUT2D eigenvalue weighted by molar-refractivity contribution is -0.134. The Bertz CT molecular complexity index is 961. The van der Waals surface area contributed by atoms with Gasteiger partial charge in [0.15, 0.2) is 0 Å². The highest BCUT2D eigenvalue weighted by Gasteiger charge is 2.51. The first-order valence-electron chi connectivity index (χ1n) is 9.15. The first-order valence-corrected chi connectivity index (χ1v) is 9.53. The second-order valence-corrected chi connectivity index (χ2v) is 7.25. The molecule has 0 unspecified atom stereocenters. The zero-order chi connectivity index (χ0) is 21.2. The molecule has 2 aromatic carbocycles. The van der Waals surface area contributed by atoms with Crippen LogP contribution in [0.2, 0.25) is 5.02 Å². The number of rotatable bonds is 6. The third kappa shape index (κ3) is 3.91. The van der Waals surface area contributed by atoms with Crippen molar-refractivity contribution in [3.8, 4) is 5.75 Å². The summed E-state index contributed by atoms with van der Waals surface area (Å²) in [4.78, 5) is 39.0. The number of nitrogens with one attached hydrogen (secondary N) is 2. The smallest absolute Gasteiger partial charge is 0.325 e. The Balaban J connectivity index is 1.79. The van der Waals surface area contributed by atoms with Crippen molar-refractivity contribution in [2.75, 3.05) is 19.0 Å². The van der Waals surface area contributed by atoms with Crippen molar-refractivity contribution in [1.82, 2.24) is 10.2 Å². The van der Waals surface area contributed by atoms with Crippen LogP contribution in [0.25, 0.3) is 0 Å². The number of carbonyl (C=O) groups excluding carboxylic acids is 3. The number of nitrogens with zero attached hydrogens (tertiary/aromatic N) is 1. The number of halogens is 1. The standard InChI is InChI=1S/C21H22ClN3O4/c1-4-21(14-6-8-15(29-3)9-7-14)19(27)25(20(28)24-21)12-18(26)23-17-10-5-13(2)11-16(17)22/h5-11H,4,12H2,1-3H3,(H,23,26)(H,24,28)/t21-/m1/s1. The van der Waals surface area contributed by atoms with E-state index in [0.717, 1.165) is 10.5 Å². The Morgan fingerprint density at radius 1 is 1.21 bits per heavy atom. The van der Waals surface area contributed by atoms with Crippen LogP contribution in [0.1, 0.15) is 24.5 Å². The summed E-state index contributed by atoms with van der Waals surface area (Å²) in [7, 11) is 1.55. The molecule has 0 spiro atoms. The molecule has 0 radical (unpaired) electrons. The normalized spacial score (nSPS) is 18.6. The number of anilines is 1. The van der Waals surface area contributed by atoms with Crippen LogP contribution < -0.4 is 15.4 Å². The van der Waals surface area contributed by atoms with Crippen LogP contribution >= 0.6 is 11.6 Å². The van der Waals surface area contributed by atoms with E-state index in [9.17, 15) is 14.4 Å². The molecule has 4 amide bonds. The molecule has 3 rings (SSSR count). The number of benzene rings is 2. The summed E-state index contributed by atoms with van der Waals surface area (Å²) in [5.41, 5.74) is 0.787. The summed E-state index contributed by atoms with van der Waals surface area (Å²) >= 11 is 6.14. The topological polar surface area (TPSA) is 87.7 Å². The number of ether oxygens (including phenoxy) is 1. The molecule has 2 aromatic rings. The third-order valence-corrected chi connectivity index (χ3v) is 5.30. The van der Waals surface area contributed by atoms with Crippen LogP contribution in [0.5, 0.6) is 5.75 Å². The predicted octanol–water partition coefficient (Wildman–Crippen LogP) is 3.45. The quantitative estimate of drug-likeness (QED) is 0.707. The first kappa shape index (κ1) is 20.7. The van der Waals surface area contributed by atoms with Gasteiger partial charge in [-0.3, -0.25) is 14.5 Å². The molecule has 1 aliphatic rings. The van der Waals surface area contributed by atoms with Crippen molar-refractivity contribution < 1.29 is 19.1 Å². The van der Waals surface area contributed by atoms with Crippen LogP contribution in [-0.2, 0) is 15.1 Å².